The Morgan fingerprint density at radius 3 is 2.58 bits per heavy atom. The molecule has 3 fully saturated rings. The Balaban J connectivity index is 1.32. The van der Waals surface area contributed by atoms with Crippen LogP contribution in [0.1, 0.15) is 47.7 Å². The molecule has 3 amide bonds. The van der Waals surface area contributed by atoms with Gasteiger partial charge in [0.2, 0.25) is 11.8 Å². The van der Waals surface area contributed by atoms with Crippen molar-refractivity contribution in [3.8, 4) is 0 Å². The molecule has 1 aromatic carbocycles. The first-order valence-corrected chi connectivity index (χ1v) is 12.0. The van der Waals surface area contributed by atoms with E-state index in [1.165, 1.54) is 12.8 Å². The van der Waals surface area contributed by atoms with Crippen molar-refractivity contribution < 1.29 is 14.4 Å². The largest absolute Gasteiger partial charge is 0.336 e. The first-order chi connectivity index (χ1) is 16.0. The number of piperidine rings is 2. The Hall–Kier alpha value is -2.78. The average Bonchev–Trinajstić information content (AvgIpc) is 3.16. The van der Waals surface area contributed by atoms with Crippen LogP contribution in [0, 0.1) is 5.92 Å². The predicted octanol–water partition coefficient (Wildman–Crippen LogP) is 0.851. The van der Waals surface area contributed by atoms with Gasteiger partial charge in [0.25, 0.3) is 5.91 Å². The number of amides is 3. The summed E-state index contributed by atoms with van der Waals surface area (Å²) in [6.45, 7) is 6.58. The van der Waals surface area contributed by atoms with E-state index < -0.39 is 5.92 Å². The van der Waals surface area contributed by atoms with Crippen molar-refractivity contribution in [3.05, 3.63) is 29.5 Å². The standard InChI is InChI=1S/C24H32N6O3/c1-28-22-17(21(27-28)18-5-6-20(31)26-23(18)32)3-2-4-19(22)24(33)30-13-11-29(12-14-30)15-16-7-9-25-10-8-16/h2-4,16,18,25H,5-15H2,1H3,(H,26,31,32). The number of para-hydroxylation sites is 1. The number of hydrogen-bond donors (Lipinski definition) is 2. The molecular weight excluding hydrogens is 420 g/mol. The highest BCUT2D eigenvalue weighted by Crippen LogP contribution is 2.32. The van der Waals surface area contributed by atoms with Crippen LogP contribution < -0.4 is 10.6 Å². The Bertz CT molecular complexity index is 1070. The topological polar surface area (TPSA) is 99.6 Å². The van der Waals surface area contributed by atoms with Crippen molar-refractivity contribution in [3.63, 3.8) is 0 Å². The van der Waals surface area contributed by atoms with E-state index in [4.69, 9.17) is 0 Å². The fraction of sp³-hybridized carbons (Fsp3) is 0.583. The smallest absolute Gasteiger partial charge is 0.256 e. The number of aromatic nitrogens is 2. The summed E-state index contributed by atoms with van der Waals surface area (Å²) < 4.78 is 1.70. The van der Waals surface area contributed by atoms with Crippen LogP contribution in [0.2, 0.25) is 0 Å². The molecule has 3 aliphatic heterocycles. The van der Waals surface area contributed by atoms with Gasteiger partial charge in [0.15, 0.2) is 0 Å². The molecular formula is C24H32N6O3. The van der Waals surface area contributed by atoms with Crippen LogP contribution in [-0.2, 0) is 16.6 Å². The second kappa shape index (κ2) is 9.23. The lowest BCUT2D eigenvalue weighted by Crippen LogP contribution is -2.50. The third kappa shape index (κ3) is 4.39. The molecule has 5 rings (SSSR count). The first kappa shape index (κ1) is 22.0. The van der Waals surface area contributed by atoms with Crippen LogP contribution in [0.4, 0.5) is 0 Å². The zero-order chi connectivity index (χ0) is 22.9. The Morgan fingerprint density at radius 2 is 1.85 bits per heavy atom. The monoisotopic (exact) mass is 452 g/mol. The van der Waals surface area contributed by atoms with Crippen LogP contribution in [-0.4, -0.2) is 83.1 Å². The quantitative estimate of drug-likeness (QED) is 0.668. The zero-order valence-electron chi connectivity index (χ0n) is 19.2. The minimum atomic E-state index is -0.477. The minimum Gasteiger partial charge on any atom is -0.336 e. The molecule has 3 saturated heterocycles. The number of fused-ring (bicyclic) bond motifs is 1. The van der Waals surface area contributed by atoms with Gasteiger partial charge in [-0.05, 0) is 44.3 Å². The number of nitrogens with zero attached hydrogens (tertiary/aromatic N) is 4. The molecule has 3 aliphatic rings. The van der Waals surface area contributed by atoms with Crippen molar-refractivity contribution in [2.24, 2.45) is 13.0 Å². The summed E-state index contributed by atoms with van der Waals surface area (Å²) in [7, 11) is 1.81. The highest BCUT2D eigenvalue weighted by Gasteiger charge is 2.33. The summed E-state index contributed by atoms with van der Waals surface area (Å²) in [5.74, 6) is -0.267. The number of hydrogen-bond acceptors (Lipinski definition) is 6. The van der Waals surface area contributed by atoms with Crippen molar-refractivity contribution in [2.75, 3.05) is 45.8 Å². The van der Waals surface area contributed by atoms with Gasteiger partial charge in [-0.1, -0.05) is 12.1 Å². The van der Waals surface area contributed by atoms with Crippen LogP contribution in [0.3, 0.4) is 0 Å². The number of rotatable bonds is 4. The maximum Gasteiger partial charge on any atom is 0.256 e. The third-order valence-corrected chi connectivity index (χ3v) is 7.33. The van der Waals surface area contributed by atoms with Gasteiger partial charge in [-0.2, -0.15) is 5.10 Å². The van der Waals surface area contributed by atoms with Crippen LogP contribution in [0.25, 0.3) is 10.9 Å². The molecule has 9 heteroatoms. The van der Waals surface area contributed by atoms with Gasteiger partial charge in [-0.15, -0.1) is 0 Å². The molecule has 4 heterocycles. The van der Waals surface area contributed by atoms with Gasteiger partial charge in [0.1, 0.15) is 0 Å². The van der Waals surface area contributed by atoms with E-state index in [0.717, 1.165) is 62.6 Å². The second-order valence-corrected chi connectivity index (χ2v) is 9.50. The number of benzene rings is 1. The molecule has 9 nitrogen and oxygen atoms in total. The Labute approximate surface area is 193 Å². The summed E-state index contributed by atoms with van der Waals surface area (Å²) in [6, 6.07) is 5.62. The second-order valence-electron chi connectivity index (χ2n) is 9.50. The molecule has 1 atom stereocenters. The highest BCUT2D eigenvalue weighted by atomic mass is 16.2. The molecule has 0 spiro atoms. The molecule has 2 aromatic rings. The fourth-order valence-electron chi connectivity index (χ4n) is 5.48. The molecule has 176 valence electrons. The van der Waals surface area contributed by atoms with E-state index in [1.54, 1.807) is 4.68 Å². The maximum absolute atomic E-state index is 13.5. The molecule has 0 saturated carbocycles. The molecule has 0 bridgehead atoms. The van der Waals surface area contributed by atoms with Crippen molar-refractivity contribution in [2.45, 2.75) is 31.6 Å². The van der Waals surface area contributed by atoms with Crippen LogP contribution >= 0.6 is 0 Å². The zero-order valence-corrected chi connectivity index (χ0v) is 19.2. The van der Waals surface area contributed by atoms with E-state index in [0.29, 0.717) is 24.1 Å². The Kier molecular flexibility index (Phi) is 6.16. The van der Waals surface area contributed by atoms with Crippen molar-refractivity contribution >= 4 is 28.6 Å². The van der Waals surface area contributed by atoms with E-state index >= 15 is 0 Å². The van der Waals surface area contributed by atoms with Gasteiger partial charge < -0.3 is 10.2 Å². The maximum atomic E-state index is 13.5. The summed E-state index contributed by atoms with van der Waals surface area (Å²) in [4.78, 5) is 41.9. The highest BCUT2D eigenvalue weighted by molar-refractivity contribution is 6.08. The molecule has 1 aromatic heterocycles. The van der Waals surface area contributed by atoms with E-state index in [1.807, 2.05) is 30.1 Å². The number of piperazine rings is 1. The number of carbonyl (C=O) groups excluding carboxylic acids is 3. The first-order valence-electron chi connectivity index (χ1n) is 12.0. The van der Waals surface area contributed by atoms with Crippen molar-refractivity contribution in [1.29, 1.82) is 0 Å². The van der Waals surface area contributed by atoms with E-state index in [-0.39, 0.29) is 17.7 Å². The number of nitrogens with one attached hydrogen (secondary N) is 2. The van der Waals surface area contributed by atoms with Gasteiger partial charge in [0.05, 0.1) is 22.7 Å². The summed E-state index contributed by atoms with van der Waals surface area (Å²) in [5, 5.41) is 11.3. The van der Waals surface area contributed by atoms with E-state index in [2.05, 4.69) is 20.6 Å². The van der Waals surface area contributed by atoms with Gasteiger partial charge in [0, 0.05) is 51.6 Å². The minimum absolute atomic E-state index is 0.0138. The molecule has 33 heavy (non-hydrogen) atoms. The number of carbonyl (C=O) groups is 3. The molecule has 0 radical (unpaired) electrons. The summed E-state index contributed by atoms with van der Waals surface area (Å²) in [5.41, 5.74) is 2.01. The normalized spacial score (nSPS) is 23.2. The Morgan fingerprint density at radius 1 is 1.09 bits per heavy atom. The summed E-state index contributed by atoms with van der Waals surface area (Å²) in [6.07, 6.45) is 3.21. The van der Waals surface area contributed by atoms with Gasteiger partial charge >= 0.3 is 0 Å². The number of imide groups is 1. The van der Waals surface area contributed by atoms with Crippen LogP contribution in [0.15, 0.2) is 18.2 Å². The predicted molar refractivity (Wildman–Crippen MR) is 124 cm³/mol. The molecule has 0 aliphatic carbocycles. The lowest BCUT2D eigenvalue weighted by atomic mass is 9.92. The van der Waals surface area contributed by atoms with Crippen molar-refractivity contribution in [1.82, 2.24) is 30.2 Å². The SMILES string of the molecule is Cn1nc(C2CCC(=O)NC2=O)c2cccc(C(=O)N3CCN(CC4CCNCC4)CC3)c21. The number of aryl methyl sites for hydroxylation is 1. The lowest BCUT2D eigenvalue weighted by Gasteiger charge is -2.37. The van der Waals surface area contributed by atoms with Gasteiger partial charge in [-0.3, -0.25) is 29.3 Å². The van der Waals surface area contributed by atoms with E-state index in [9.17, 15) is 14.4 Å². The average molecular weight is 453 g/mol. The fourth-order valence-corrected chi connectivity index (χ4v) is 5.48. The summed E-state index contributed by atoms with van der Waals surface area (Å²) >= 11 is 0. The lowest BCUT2D eigenvalue weighted by molar-refractivity contribution is -0.134. The third-order valence-electron chi connectivity index (χ3n) is 7.33. The van der Waals surface area contributed by atoms with Crippen LogP contribution in [0.5, 0.6) is 0 Å². The van der Waals surface area contributed by atoms with Gasteiger partial charge in [-0.25, -0.2) is 0 Å². The molecule has 1 unspecified atom stereocenters. The molecule has 2 N–H and O–H groups in total.